The molecule has 2 amide bonds. The molecule has 1 aliphatic rings. The second-order valence-electron chi connectivity index (χ2n) is 13.0. The maximum absolute atomic E-state index is 15.5. The number of pyridine rings is 2. The molecule has 4 heterocycles. The third-order valence-electron chi connectivity index (χ3n) is 8.47. The molecule has 0 atom stereocenters. The van der Waals surface area contributed by atoms with E-state index in [0.29, 0.717) is 71.3 Å². The number of nitrogens with one attached hydrogen (secondary N) is 3. The molecule has 13 nitrogen and oxygen atoms in total. The van der Waals surface area contributed by atoms with E-state index in [1.165, 1.54) is 25.5 Å². The minimum Gasteiger partial charge on any atom is -0.461 e. The number of carbonyl (C=O) groups is 3. The summed E-state index contributed by atoms with van der Waals surface area (Å²) in [6, 6.07) is 13.3. The van der Waals surface area contributed by atoms with Crippen LogP contribution in [0.3, 0.4) is 0 Å². The second-order valence-corrected chi connectivity index (χ2v) is 13.0. The Balaban J connectivity index is 1.34. The lowest BCUT2D eigenvalue weighted by atomic mass is 9.85. The SMILES string of the molecule is CC(=O)OCc1c(NC(=O)c2c(F)cc(C(C)(C)C)cc2C=N)cccc1-c1cc(Nc2ccc(C(=O)N3CCOCC3)cn2)c2ncnn2c1. The Labute approximate surface area is 293 Å². The highest BCUT2D eigenvalue weighted by molar-refractivity contribution is 6.10. The molecule has 0 aliphatic carbocycles. The zero-order valence-corrected chi connectivity index (χ0v) is 28.6. The molecule has 0 bridgehead atoms. The first-order valence-electron chi connectivity index (χ1n) is 16.3. The van der Waals surface area contributed by atoms with E-state index in [0.717, 1.165) is 6.21 Å². The Morgan fingerprint density at radius 2 is 1.84 bits per heavy atom. The highest BCUT2D eigenvalue weighted by Crippen LogP contribution is 2.34. The molecule has 3 N–H and O–H groups in total. The number of esters is 1. The zero-order chi connectivity index (χ0) is 36.3. The van der Waals surface area contributed by atoms with E-state index in [4.69, 9.17) is 14.9 Å². The van der Waals surface area contributed by atoms with Crippen LogP contribution in [0.2, 0.25) is 0 Å². The van der Waals surface area contributed by atoms with Gasteiger partial charge < -0.3 is 30.4 Å². The molecule has 0 spiro atoms. The van der Waals surface area contributed by atoms with Crippen molar-refractivity contribution in [2.45, 2.75) is 39.7 Å². The lowest BCUT2D eigenvalue weighted by Gasteiger charge is -2.26. The maximum atomic E-state index is 15.5. The summed E-state index contributed by atoms with van der Waals surface area (Å²) >= 11 is 0. The van der Waals surface area contributed by atoms with Crippen LogP contribution in [0.5, 0.6) is 0 Å². The van der Waals surface area contributed by atoms with Gasteiger partial charge in [0.15, 0.2) is 5.65 Å². The number of rotatable bonds is 9. The van der Waals surface area contributed by atoms with Crippen molar-refractivity contribution >= 4 is 46.8 Å². The summed E-state index contributed by atoms with van der Waals surface area (Å²) in [5.41, 5.74) is 3.52. The summed E-state index contributed by atoms with van der Waals surface area (Å²) in [4.78, 5) is 49.1. The third-order valence-corrected chi connectivity index (χ3v) is 8.47. The summed E-state index contributed by atoms with van der Waals surface area (Å²) in [5.74, 6) is -1.71. The van der Waals surface area contributed by atoms with Crippen LogP contribution in [-0.2, 0) is 26.3 Å². The molecule has 2 aromatic carbocycles. The number of fused-ring (bicyclic) bond motifs is 1. The number of morpholine rings is 1. The Morgan fingerprint density at radius 3 is 2.53 bits per heavy atom. The Bertz CT molecular complexity index is 2140. The van der Waals surface area contributed by atoms with Crippen LogP contribution in [0.25, 0.3) is 16.8 Å². The molecule has 0 unspecified atom stereocenters. The highest BCUT2D eigenvalue weighted by Gasteiger charge is 2.24. The van der Waals surface area contributed by atoms with Gasteiger partial charge in [-0.1, -0.05) is 32.9 Å². The minimum absolute atomic E-state index is 0.120. The molecule has 1 aliphatic heterocycles. The van der Waals surface area contributed by atoms with Crippen molar-refractivity contribution in [3.63, 3.8) is 0 Å². The quantitative estimate of drug-likeness (QED) is 0.129. The summed E-state index contributed by atoms with van der Waals surface area (Å²) in [5, 5.41) is 18.3. The molecule has 5 aromatic rings. The maximum Gasteiger partial charge on any atom is 0.302 e. The van der Waals surface area contributed by atoms with Crippen molar-refractivity contribution in [2.75, 3.05) is 36.9 Å². The van der Waals surface area contributed by atoms with Gasteiger partial charge in [-0.25, -0.2) is 18.9 Å². The second kappa shape index (κ2) is 14.5. The van der Waals surface area contributed by atoms with E-state index in [-0.39, 0.29) is 29.3 Å². The molecule has 262 valence electrons. The van der Waals surface area contributed by atoms with Gasteiger partial charge in [0.2, 0.25) is 0 Å². The fourth-order valence-electron chi connectivity index (χ4n) is 5.75. The van der Waals surface area contributed by atoms with E-state index < -0.39 is 23.1 Å². The molecule has 51 heavy (non-hydrogen) atoms. The van der Waals surface area contributed by atoms with Crippen LogP contribution in [0.1, 0.15) is 65.1 Å². The summed E-state index contributed by atoms with van der Waals surface area (Å²) in [6.07, 6.45) is 5.60. The number of halogens is 1. The number of benzene rings is 2. The van der Waals surface area contributed by atoms with Gasteiger partial charge in [-0.2, -0.15) is 5.10 Å². The van der Waals surface area contributed by atoms with Gasteiger partial charge in [0.05, 0.1) is 30.0 Å². The molecule has 3 aromatic heterocycles. The van der Waals surface area contributed by atoms with Gasteiger partial charge in [-0.05, 0) is 52.9 Å². The van der Waals surface area contributed by atoms with Crippen molar-refractivity contribution in [2.24, 2.45) is 0 Å². The lowest BCUT2D eigenvalue weighted by Crippen LogP contribution is -2.40. The summed E-state index contributed by atoms with van der Waals surface area (Å²) in [6.45, 7) is 8.86. The smallest absolute Gasteiger partial charge is 0.302 e. The number of carbonyl (C=O) groups excluding carboxylic acids is 3. The van der Waals surface area contributed by atoms with Gasteiger partial charge in [-0.3, -0.25) is 14.4 Å². The van der Waals surface area contributed by atoms with Gasteiger partial charge in [-0.15, -0.1) is 0 Å². The average Bonchev–Trinajstić information content (AvgIpc) is 3.60. The van der Waals surface area contributed by atoms with Crippen molar-refractivity contribution in [3.8, 4) is 11.1 Å². The molecule has 0 radical (unpaired) electrons. The van der Waals surface area contributed by atoms with Crippen LogP contribution in [0, 0.1) is 11.2 Å². The van der Waals surface area contributed by atoms with Gasteiger partial charge in [0, 0.05) is 61.0 Å². The first-order chi connectivity index (χ1) is 24.4. The predicted octanol–water partition coefficient (Wildman–Crippen LogP) is 5.76. The molecule has 1 saturated heterocycles. The van der Waals surface area contributed by atoms with E-state index in [1.54, 1.807) is 52.0 Å². The first kappa shape index (κ1) is 34.8. The fraction of sp³-hybridized carbons (Fsp3) is 0.270. The van der Waals surface area contributed by atoms with Crippen molar-refractivity contribution in [1.29, 1.82) is 5.41 Å². The molecule has 6 rings (SSSR count). The van der Waals surface area contributed by atoms with E-state index in [9.17, 15) is 14.4 Å². The number of anilines is 3. The molecular formula is C37H37FN8O5. The molecule has 1 fully saturated rings. The number of hydrogen-bond acceptors (Lipinski definition) is 10. The zero-order valence-electron chi connectivity index (χ0n) is 28.6. The van der Waals surface area contributed by atoms with Crippen LogP contribution in [-0.4, -0.2) is 74.8 Å². The average molecular weight is 693 g/mol. The number of amides is 2. The number of aromatic nitrogens is 4. The largest absolute Gasteiger partial charge is 0.461 e. The monoisotopic (exact) mass is 692 g/mol. The standard InChI is InChI=1S/C37H37FN8O5/c1-22(47)51-20-28-27(6-5-7-30(28)44-35(48)33-24(17-39)14-26(16-29(33)38)37(2,3)4)25-15-31(34-41-21-42-46(34)19-25)43-32-9-8-23(18-40-32)36(49)45-10-12-50-13-11-45/h5-9,14-19,21,39H,10-13,20H2,1-4H3,(H,40,43)(H,44,48). The third kappa shape index (κ3) is 7.60. The molecule has 0 saturated carbocycles. The predicted molar refractivity (Wildman–Crippen MR) is 189 cm³/mol. The molecule has 14 heteroatoms. The fourth-order valence-corrected chi connectivity index (χ4v) is 5.75. The lowest BCUT2D eigenvalue weighted by molar-refractivity contribution is -0.142. The Kier molecular flexibility index (Phi) is 9.87. The van der Waals surface area contributed by atoms with Gasteiger partial charge in [0.1, 0.15) is 24.6 Å². The van der Waals surface area contributed by atoms with Crippen LogP contribution < -0.4 is 10.6 Å². The van der Waals surface area contributed by atoms with E-state index >= 15 is 4.39 Å². The number of hydrogen-bond donors (Lipinski definition) is 3. The summed E-state index contributed by atoms with van der Waals surface area (Å²) < 4.78 is 27.8. The van der Waals surface area contributed by atoms with Crippen LogP contribution >= 0.6 is 0 Å². The summed E-state index contributed by atoms with van der Waals surface area (Å²) in [7, 11) is 0. The highest BCUT2D eigenvalue weighted by atomic mass is 19.1. The minimum atomic E-state index is -0.761. The van der Waals surface area contributed by atoms with E-state index in [2.05, 4.69) is 25.7 Å². The topological polar surface area (TPSA) is 164 Å². The number of ether oxygens (including phenoxy) is 2. The van der Waals surface area contributed by atoms with Crippen molar-refractivity contribution in [3.05, 3.63) is 101 Å². The van der Waals surface area contributed by atoms with Gasteiger partial charge in [0.25, 0.3) is 11.8 Å². The Morgan fingerprint density at radius 1 is 1.06 bits per heavy atom. The first-order valence-corrected chi connectivity index (χ1v) is 16.3. The number of nitrogens with zero attached hydrogens (tertiary/aromatic N) is 5. The van der Waals surface area contributed by atoms with Crippen LogP contribution in [0.15, 0.2) is 67.3 Å². The molecular weight excluding hydrogens is 655 g/mol. The van der Waals surface area contributed by atoms with Crippen molar-refractivity contribution < 1.29 is 28.2 Å². The van der Waals surface area contributed by atoms with Crippen molar-refractivity contribution in [1.82, 2.24) is 24.5 Å². The van der Waals surface area contributed by atoms with Crippen LogP contribution in [0.4, 0.5) is 21.6 Å². The Hall–Kier alpha value is -6.02. The van der Waals surface area contributed by atoms with Gasteiger partial charge >= 0.3 is 5.97 Å². The normalized spacial score (nSPS) is 13.2. The van der Waals surface area contributed by atoms with E-state index in [1.807, 2.05) is 26.8 Å².